The molecule has 0 N–H and O–H groups in total. The van der Waals surface area contributed by atoms with Crippen molar-refractivity contribution in [2.24, 2.45) is 0 Å². The number of benzene rings is 1. The van der Waals surface area contributed by atoms with E-state index in [1.807, 2.05) is 0 Å². The molecule has 0 saturated heterocycles. The van der Waals surface area contributed by atoms with E-state index in [0.717, 1.165) is 22.7 Å². The summed E-state index contributed by atoms with van der Waals surface area (Å²) in [7, 11) is 0. The second kappa shape index (κ2) is 3.55. The molecule has 1 aliphatic rings. The molecule has 0 amide bonds. The lowest BCUT2D eigenvalue weighted by Gasteiger charge is -2.23. The first-order chi connectivity index (χ1) is 9.71. The predicted octanol–water partition coefficient (Wildman–Crippen LogP) is 5.95. The van der Waals surface area contributed by atoms with Gasteiger partial charge in [-0.3, -0.25) is 0 Å². The Morgan fingerprint density at radius 2 is 1.05 bits per heavy atom. The van der Waals surface area contributed by atoms with Crippen molar-refractivity contribution in [1.29, 1.82) is 0 Å². The topological polar surface area (TPSA) is 0 Å². The highest BCUT2D eigenvalue weighted by Gasteiger charge is 2.80. The molecule has 2 aromatic heterocycles. The zero-order chi connectivity index (χ0) is 15.2. The Balaban J connectivity index is 2.34. The molecule has 0 nitrogen and oxygen atoms in total. The Hall–Kier alpha value is -1.28. The van der Waals surface area contributed by atoms with Gasteiger partial charge in [0.1, 0.15) is 0 Å². The van der Waals surface area contributed by atoms with Gasteiger partial charge in [0, 0.05) is 20.2 Å². The summed E-state index contributed by atoms with van der Waals surface area (Å²) in [5.41, 5.74) is -2.45. The summed E-state index contributed by atoms with van der Waals surface area (Å²) in [6.07, 6.45) is 0. The van der Waals surface area contributed by atoms with Crippen LogP contribution in [0.4, 0.5) is 26.3 Å². The molecule has 2 heterocycles. The number of rotatable bonds is 0. The first-order valence-electron chi connectivity index (χ1n) is 5.76. The van der Waals surface area contributed by atoms with Gasteiger partial charge in [-0.25, -0.2) is 0 Å². The third-order valence-corrected chi connectivity index (χ3v) is 5.61. The molecule has 0 fully saturated rings. The summed E-state index contributed by atoms with van der Waals surface area (Å²) in [6.45, 7) is 0. The molecule has 1 aromatic carbocycles. The fourth-order valence-corrected chi connectivity index (χ4v) is 4.75. The standard InChI is InChI=1S/C13H4F6S2/c14-11(15)7-8(12(16,17)13(11,18)19)10-6(2-4-21-10)5-1-3-20-9(5)7/h1-4H. The van der Waals surface area contributed by atoms with Gasteiger partial charge in [-0.15, -0.1) is 22.7 Å². The first kappa shape index (κ1) is 13.4. The van der Waals surface area contributed by atoms with Gasteiger partial charge in [-0.2, -0.15) is 26.3 Å². The third kappa shape index (κ3) is 1.25. The van der Waals surface area contributed by atoms with Crippen molar-refractivity contribution in [3.05, 3.63) is 34.0 Å². The molecule has 1 aliphatic carbocycles. The van der Waals surface area contributed by atoms with Gasteiger partial charge in [0.25, 0.3) is 0 Å². The summed E-state index contributed by atoms with van der Waals surface area (Å²) < 4.78 is 83.1. The molecule has 110 valence electrons. The molecule has 0 spiro atoms. The van der Waals surface area contributed by atoms with Crippen molar-refractivity contribution < 1.29 is 26.3 Å². The van der Waals surface area contributed by atoms with Gasteiger partial charge in [0.15, 0.2) is 0 Å². The summed E-state index contributed by atoms with van der Waals surface area (Å²) in [5.74, 6) is -15.2. The van der Waals surface area contributed by atoms with Gasteiger partial charge < -0.3 is 0 Å². The number of thiophene rings is 2. The highest BCUT2D eigenvalue weighted by atomic mass is 32.1. The lowest BCUT2D eigenvalue weighted by atomic mass is 10.0. The highest BCUT2D eigenvalue weighted by Crippen LogP contribution is 2.66. The van der Waals surface area contributed by atoms with Crippen molar-refractivity contribution in [3.8, 4) is 0 Å². The average molecular weight is 338 g/mol. The molecule has 8 heteroatoms. The summed E-state index contributed by atoms with van der Waals surface area (Å²) in [6, 6.07) is 2.97. The number of hydrogen-bond acceptors (Lipinski definition) is 2. The largest absolute Gasteiger partial charge is 0.380 e. The van der Waals surface area contributed by atoms with Crippen LogP contribution in [0.2, 0.25) is 0 Å². The van der Waals surface area contributed by atoms with Gasteiger partial charge in [-0.1, -0.05) is 0 Å². The molecule has 0 saturated carbocycles. The minimum Gasteiger partial charge on any atom is -0.194 e. The van der Waals surface area contributed by atoms with Crippen LogP contribution in [0.15, 0.2) is 22.9 Å². The van der Waals surface area contributed by atoms with Crippen LogP contribution in [0.3, 0.4) is 0 Å². The van der Waals surface area contributed by atoms with Crippen molar-refractivity contribution in [3.63, 3.8) is 0 Å². The van der Waals surface area contributed by atoms with Gasteiger partial charge >= 0.3 is 17.8 Å². The first-order valence-corrected chi connectivity index (χ1v) is 7.52. The van der Waals surface area contributed by atoms with Crippen LogP contribution in [0.1, 0.15) is 11.1 Å². The van der Waals surface area contributed by atoms with E-state index in [0.29, 0.717) is 10.8 Å². The summed E-state index contributed by atoms with van der Waals surface area (Å²) in [5, 5.41) is 3.49. The Bertz CT molecular complexity index is 817. The number of halogens is 6. The molecule has 0 bridgehead atoms. The quantitative estimate of drug-likeness (QED) is 0.444. The smallest absolute Gasteiger partial charge is 0.194 e. The fourth-order valence-electron chi connectivity index (χ4n) is 2.77. The van der Waals surface area contributed by atoms with Crippen LogP contribution in [-0.2, 0) is 11.8 Å². The Labute approximate surface area is 121 Å². The molecule has 0 unspecified atom stereocenters. The molecule has 3 aromatic rings. The number of fused-ring (bicyclic) bond motifs is 6. The fraction of sp³-hybridized carbons (Fsp3) is 0.231. The van der Waals surface area contributed by atoms with Crippen LogP contribution in [0.25, 0.3) is 20.2 Å². The zero-order valence-electron chi connectivity index (χ0n) is 9.89. The van der Waals surface area contributed by atoms with E-state index in [1.165, 1.54) is 22.9 Å². The monoisotopic (exact) mass is 338 g/mol. The maximum absolute atomic E-state index is 14.0. The minimum atomic E-state index is -5.43. The van der Waals surface area contributed by atoms with E-state index in [2.05, 4.69) is 0 Å². The van der Waals surface area contributed by atoms with E-state index in [-0.39, 0.29) is 9.40 Å². The summed E-state index contributed by atoms with van der Waals surface area (Å²) in [4.78, 5) is 0. The SMILES string of the molecule is FC1(F)c2c(c3sccc3c3ccsc23)C(F)(F)C1(F)F. The maximum Gasteiger partial charge on any atom is 0.380 e. The van der Waals surface area contributed by atoms with E-state index >= 15 is 0 Å². The molecule has 0 radical (unpaired) electrons. The van der Waals surface area contributed by atoms with Gasteiger partial charge in [0.05, 0.1) is 11.1 Å². The van der Waals surface area contributed by atoms with Crippen LogP contribution in [0.5, 0.6) is 0 Å². The highest BCUT2D eigenvalue weighted by molar-refractivity contribution is 7.19. The second-order valence-corrected chi connectivity index (χ2v) is 6.63. The molecule has 21 heavy (non-hydrogen) atoms. The maximum atomic E-state index is 14.0. The number of hydrogen-bond donors (Lipinski definition) is 0. The lowest BCUT2D eigenvalue weighted by molar-refractivity contribution is -0.301. The Kier molecular flexibility index (Phi) is 2.26. The van der Waals surface area contributed by atoms with Crippen molar-refractivity contribution >= 4 is 42.8 Å². The van der Waals surface area contributed by atoms with E-state index in [9.17, 15) is 26.3 Å². The number of alkyl halides is 6. The van der Waals surface area contributed by atoms with Crippen LogP contribution < -0.4 is 0 Å². The lowest BCUT2D eigenvalue weighted by Crippen LogP contribution is -2.43. The van der Waals surface area contributed by atoms with Gasteiger partial charge in [0.2, 0.25) is 0 Å². The van der Waals surface area contributed by atoms with Crippen molar-refractivity contribution in [2.45, 2.75) is 17.8 Å². The molecule has 4 rings (SSSR count). The van der Waals surface area contributed by atoms with E-state index < -0.39 is 28.9 Å². The van der Waals surface area contributed by atoms with E-state index in [4.69, 9.17) is 0 Å². The van der Waals surface area contributed by atoms with Crippen molar-refractivity contribution in [1.82, 2.24) is 0 Å². The molecular weight excluding hydrogens is 334 g/mol. The third-order valence-electron chi connectivity index (χ3n) is 3.74. The van der Waals surface area contributed by atoms with Crippen LogP contribution in [-0.4, -0.2) is 5.92 Å². The second-order valence-electron chi connectivity index (χ2n) is 4.80. The van der Waals surface area contributed by atoms with Crippen LogP contribution in [0, 0.1) is 0 Å². The molecule has 0 aliphatic heterocycles. The predicted molar refractivity (Wildman–Crippen MR) is 69.9 cm³/mol. The Morgan fingerprint density at radius 3 is 1.43 bits per heavy atom. The zero-order valence-corrected chi connectivity index (χ0v) is 11.5. The van der Waals surface area contributed by atoms with Crippen LogP contribution >= 0.6 is 22.7 Å². The van der Waals surface area contributed by atoms with E-state index in [1.54, 1.807) is 0 Å². The van der Waals surface area contributed by atoms with Gasteiger partial charge in [-0.05, 0) is 22.9 Å². The average Bonchev–Trinajstić information content (AvgIpc) is 3.05. The summed E-state index contributed by atoms with van der Waals surface area (Å²) >= 11 is 1.55. The minimum absolute atomic E-state index is 0.197. The molecule has 0 atom stereocenters. The van der Waals surface area contributed by atoms with Crippen molar-refractivity contribution in [2.75, 3.05) is 0 Å². The Morgan fingerprint density at radius 1 is 0.667 bits per heavy atom. The molecular formula is C13H4F6S2. The normalized spacial score (nSPS) is 22.0.